The summed E-state index contributed by atoms with van der Waals surface area (Å²) < 4.78 is 1.33. The number of hydrogen-bond donors (Lipinski definition) is 3. The monoisotopic (exact) mass is 484 g/mol. The molecule has 1 unspecified atom stereocenters. The molecule has 3 N–H and O–H groups in total. The Balaban J connectivity index is 1.61. The molecule has 2 aliphatic heterocycles. The van der Waals surface area contributed by atoms with E-state index in [1.165, 1.54) is 10.5 Å². The predicted molar refractivity (Wildman–Crippen MR) is 134 cm³/mol. The van der Waals surface area contributed by atoms with E-state index in [0.717, 1.165) is 5.56 Å². The van der Waals surface area contributed by atoms with Crippen LogP contribution in [0.1, 0.15) is 46.3 Å². The first kappa shape index (κ1) is 23.1. The van der Waals surface area contributed by atoms with Crippen LogP contribution in [-0.2, 0) is 4.79 Å². The van der Waals surface area contributed by atoms with Gasteiger partial charge in [0.2, 0.25) is 5.91 Å². The van der Waals surface area contributed by atoms with Gasteiger partial charge in [0.15, 0.2) is 17.0 Å². The molecule has 2 saturated heterocycles. The minimum atomic E-state index is -1.09. The fourth-order valence-corrected chi connectivity index (χ4v) is 5.06. The van der Waals surface area contributed by atoms with Gasteiger partial charge in [0.1, 0.15) is 6.07 Å². The molecule has 0 bridgehead atoms. The molecule has 2 fully saturated rings. The second-order valence-corrected chi connectivity index (χ2v) is 9.31. The number of pyridine rings is 1. The van der Waals surface area contributed by atoms with Crippen LogP contribution < -0.4 is 21.1 Å². The smallest absolute Gasteiger partial charge is 0.337 e. The summed E-state index contributed by atoms with van der Waals surface area (Å²) in [5.41, 5.74) is 1.37. The molecular formula is C26H24N6O4. The molecule has 36 heavy (non-hydrogen) atoms. The standard InChI is InChI=1S/C26H24N6O4/c1-15-11-18(16(2)28-20-6-4-3-5-17(20)25(35)36)23-29-22(19(12-27)24(34)32(23)13-15)31-10-9-26(14-31)8-7-21(33)30-26/h3-6,11,13,28H,2,7-10,14H2,1H3,(H,30,33)(H,35,36). The van der Waals surface area contributed by atoms with Crippen molar-refractivity contribution < 1.29 is 14.7 Å². The van der Waals surface area contributed by atoms with Crippen LogP contribution in [0.4, 0.5) is 11.5 Å². The number of nitrogens with zero attached hydrogens (tertiary/aromatic N) is 4. The van der Waals surface area contributed by atoms with E-state index in [1.807, 2.05) is 11.0 Å². The Morgan fingerprint density at radius 1 is 1.28 bits per heavy atom. The van der Waals surface area contributed by atoms with E-state index in [-0.39, 0.29) is 28.4 Å². The molecule has 1 atom stereocenters. The fraction of sp³-hybridized carbons (Fsp3) is 0.269. The normalized spacial score (nSPS) is 18.9. The maximum atomic E-state index is 13.4. The molecule has 3 aromatic rings. The highest BCUT2D eigenvalue weighted by Crippen LogP contribution is 2.34. The molecule has 0 aliphatic carbocycles. The van der Waals surface area contributed by atoms with Crippen LogP contribution in [-0.4, -0.2) is 45.0 Å². The Morgan fingerprint density at radius 3 is 2.75 bits per heavy atom. The number of carboxylic acids is 1. The Morgan fingerprint density at radius 2 is 2.06 bits per heavy atom. The van der Waals surface area contributed by atoms with E-state index in [4.69, 9.17) is 4.98 Å². The number of aryl methyl sites for hydroxylation is 1. The van der Waals surface area contributed by atoms with Crippen molar-refractivity contribution in [2.24, 2.45) is 0 Å². The van der Waals surface area contributed by atoms with Gasteiger partial charge in [-0.15, -0.1) is 0 Å². The van der Waals surface area contributed by atoms with Crippen LogP contribution in [0.5, 0.6) is 0 Å². The second-order valence-electron chi connectivity index (χ2n) is 9.31. The summed E-state index contributed by atoms with van der Waals surface area (Å²) in [6, 6.07) is 10.3. The zero-order valence-corrected chi connectivity index (χ0v) is 19.7. The van der Waals surface area contributed by atoms with Gasteiger partial charge in [-0.1, -0.05) is 18.7 Å². The zero-order valence-electron chi connectivity index (χ0n) is 19.7. The number of carbonyl (C=O) groups is 2. The van der Waals surface area contributed by atoms with Crippen LogP contribution in [0.3, 0.4) is 0 Å². The van der Waals surface area contributed by atoms with Gasteiger partial charge in [0.05, 0.1) is 16.8 Å². The number of hydrogen-bond acceptors (Lipinski definition) is 7. The van der Waals surface area contributed by atoms with E-state index in [2.05, 4.69) is 17.2 Å². The third kappa shape index (κ3) is 3.84. The summed E-state index contributed by atoms with van der Waals surface area (Å²) in [7, 11) is 0. The first-order valence-corrected chi connectivity index (χ1v) is 11.5. The van der Waals surface area contributed by atoms with Crippen molar-refractivity contribution in [3.63, 3.8) is 0 Å². The molecule has 182 valence electrons. The van der Waals surface area contributed by atoms with Crippen molar-refractivity contribution in [3.05, 3.63) is 75.7 Å². The summed E-state index contributed by atoms with van der Waals surface area (Å²) in [6.45, 7) is 6.90. The lowest BCUT2D eigenvalue weighted by atomic mass is 9.97. The molecule has 5 rings (SSSR count). The minimum Gasteiger partial charge on any atom is -0.478 e. The van der Waals surface area contributed by atoms with Gasteiger partial charge in [0, 0.05) is 37.0 Å². The van der Waals surface area contributed by atoms with Crippen LogP contribution in [0.15, 0.2) is 47.9 Å². The van der Waals surface area contributed by atoms with Gasteiger partial charge in [-0.3, -0.25) is 14.0 Å². The Bertz CT molecular complexity index is 1550. The number of nitrogens with one attached hydrogen (secondary N) is 2. The number of fused-ring (bicyclic) bond motifs is 1. The van der Waals surface area contributed by atoms with E-state index >= 15 is 0 Å². The molecule has 10 nitrogen and oxygen atoms in total. The molecular weight excluding hydrogens is 460 g/mol. The topological polar surface area (TPSA) is 140 Å². The molecule has 0 saturated carbocycles. The van der Waals surface area contributed by atoms with Gasteiger partial charge in [0.25, 0.3) is 5.56 Å². The van der Waals surface area contributed by atoms with Crippen molar-refractivity contribution in [2.75, 3.05) is 23.3 Å². The van der Waals surface area contributed by atoms with Crippen LogP contribution in [0.2, 0.25) is 0 Å². The average molecular weight is 485 g/mol. The molecule has 1 aromatic carbocycles. The van der Waals surface area contributed by atoms with Crippen molar-refractivity contribution >= 4 is 34.7 Å². The lowest BCUT2D eigenvalue weighted by molar-refractivity contribution is -0.119. The third-order valence-corrected chi connectivity index (χ3v) is 6.81. The predicted octanol–water partition coefficient (Wildman–Crippen LogP) is 2.51. The lowest BCUT2D eigenvalue weighted by Gasteiger charge is -2.25. The Kier molecular flexibility index (Phi) is 5.48. The Labute approximate surface area is 206 Å². The molecule has 1 spiro atoms. The number of aromatic carboxylic acids is 1. The number of anilines is 2. The first-order chi connectivity index (χ1) is 17.2. The van der Waals surface area contributed by atoms with Crippen LogP contribution >= 0.6 is 0 Å². The van der Waals surface area contributed by atoms with Crippen LogP contribution in [0, 0.1) is 18.3 Å². The van der Waals surface area contributed by atoms with Crippen molar-refractivity contribution in [3.8, 4) is 6.07 Å². The lowest BCUT2D eigenvalue weighted by Crippen LogP contribution is -2.44. The summed E-state index contributed by atoms with van der Waals surface area (Å²) in [5.74, 6) is -0.813. The van der Waals surface area contributed by atoms with E-state index in [0.29, 0.717) is 54.9 Å². The highest BCUT2D eigenvalue weighted by Gasteiger charge is 2.44. The van der Waals surface area contributed by atoms with Crippen molar-refractivity contribution in [2.45, 2.75) is 31.7 Å². The first-order valence-electron chi connectivity index (χ1n) is 11.5. The molecule has 2 aliphatic rings. The van der Waals surface area contributed by atoms with Gasteiger partial charge in [-0.25, -0.2) is 9.78 Å². The number of para-hydroxylation sites is 1. The number of aromatic nitrogens is 2. The molecule has 1 amide bonds. The van der Waals surface area contributed by atoms with Crippen molar-refractivity contribution in [1.29, 1.82) is 5.26 Å². The summed E-state index contributed by atoms with van der Waals surface area (Å²) in [5, 5.41) is 25.5. The summed E-state index contributed by atoms with van der Waals surface area (Å²) >= 11 is 0. The summed E-state index contributed by atoms with van der Waals surface area (Å²) in [4.78, 5) is 43.6. The van der Waals surface area contributed by atoms with E-state index in [1.54, 1.807) is 37.4 Å². The zero-order chi connectivity index (χ0) is 25.6. The average Bonchev–Trinajstić information content (AvgIpc) is 3.43. The molecule has 0 radical (unpaired) electrons. The number of rotatable bonds is 5. The van der Waals surface area contributed by atoms with E-state index < -0.39 is 11.5 Å². The van der Waals surface area contributed by atoms with E-state index in [9.17, 15) is 24.8 Å². The largest absolute Gasteiger partial charge is 0.478 e. The Hall–Kier alpha value is -4.65. The molecule has 2 aromatic heterocycles. The van der Waals surface area contributed by atoms with Gasteiger partial charge >= 0.3 is 5.97 Å². The highest BCUT2D eigenvalue weighted by molar-refractivity contribution is 5.97. The number of carbonyl (C=O) groups excluding carboxylic acids is 1. The maximum Gasteiger partial charge on any atom is 0.337 e. The SMILES string of the molecule is C=C(Nc1ccccc1C(=O)O)c1cc(C)cn2c(=O)c(C#N)c(N3CCC4(CCC(=O)N4)C3)nc12. The molecule has 10 heteroatoms. The number of amides is 1. The van der Waals surface area contributed by atoms with Crippen molar-refractivity contribution in [1.82, 2.24) is 14.7 Å². The number of carboxylic acid groups (broad SMARTS) is 1. The number of benzene rings is 1. The van der Waals surface area contributed by atoms with Gasteiger partial charge in [-0.05, 0) is 43.5 Å². The third-order valence-electron chi connectivity index (χ3n) is 6.81. The van der Waals surface area contributed by atoms with Gasteiger partial charge < -0.3 is 20.6 Å². The minimum absolute atomic E-state index is 0.00525. The quantitative estimate of drug-likeness (QED) is 0.502. The fourth-order valence-electron chi connectivity index (χ4n) is 5.06. The highest BCUT2D eigenvalue weighted by atomic mass is 16.4. The van der Waals surface area contributed by atoms with Crippen LogP contribution in [0.25, 0.3) is 11.3 Å². The summed E-state index contributed by atoms with van der Waals surface area (Å²) in [6.07, 6.45) is 3.47. The van der Waals surface area contributed by atoms with Gasteiger partial charge in [-0.2, -0.15) is 5.26 Å². The number of nitriles is 1. The second kappa shape index (κ2) is 8.53. The maximum absolute atomic E-state index is 13.4. The molecule has 4 heterocycles.